The maximum atomic E-state index is 13.3. The van der Waals surface area contributed by atoms with Gasteiger partial charge in [-0.15, -0.1) is 0 Å². The quantitative estimate of drug-likeness (QED) is 0.149. The third kappa shape index (κ3) is 45.1. The van der Waals surface area contributed by atoms with Gasteiger partial charge in [-0.25, -0.2) is 26.3 Å². The fourth-order valence-electron chi connectivity index (χ4n) is 13.2. The Morgan fingerprint density at radius 1 is 0.181 bits per heavy atom. The molecule has 0 atom stereocenters. The molecule has 13 aromatic carbocycles. The Balaban J connectivity index is 0.000000522. The highest BCUT2D eigenvalue weighted by Gasteiger charge is 2.23. The molecule has 0 N–H and O–H groups in total. The molecule has 13 rings (SSSR count). The fourth-order valence-corrected chi connectivity index (χ4v) is 13.2. The van der Waals surface area contributed by atoms with E-state index >= 15 is 0 Å². The third-order valence-electron chi connectivity index (χ3n) is 22.1. The zero-order chi connectivity index (χ0) is 103. The summed E-state index contributed by atoms with van der Waals surface area (Å²) < 4.78 is 101. The van der Waals surface area contributed by atoms with Crippen molar-refractivity contribution in [3.8, 4) is 40.2 Å². The molecular formula is C128H170F6O4. The first kappa shape index (κ1) is 123. The predicted molar refractivity (Wildman–Crippen MR) is 584 cm³/mol. The van der Waals surface area contributed by atoms with Gasteiger partial charge in [-0.1, -0.05) is 397 Å². The molecular weight excluding hydrogens is 1720 g/mol. The van der Waals surface area contributed by atoms with E-state index < -0.39 is 0 Å². The van der Waals surface area contributed by atoms with Crippen LogP contribution in [0.3, 0.4) is 0 Å². The van der Waals surface area contributed by atoms with Crippen LogP contribution in [-0.4, -0.2) is 7.11 Å². The van der Waals surface area contributed by atoms with Crippen molar-refractivity contribution in [3.63, 3.8) is 0 Å². The van der Waals surface area contributed by atoms with Gasteiger partial charge in [-0.2, -0.15) is 0 Å². The molecule has 0 amide bonds. The average molecular weight is 1890 g/mol. The van der Waals surface area contributed by atoms with Crippen molar-refractivity contribution in [2.45, 2.75) is 325 Å². The number of benzene rings is 13. The number of hydrogen-bond acceptors (Lipinski definition) is 4. The summed E-state index contributed by atoms with van der Waals surface area (Å²) in [6.45, 7) is 77.9. The second-order valence-electron chi connectivity index (χ2n) is 45.4. The SMILES string of the molecule is C.C.CC(C)(C)c1ccc(Oc2ccc(F)cc2)cc1.CC(C)(C)c1cccc(F)c1.CC(C)(C)c1ccccc1F.COc1cc(C)ccc1C(C)(C)C.Cc1cc(Oc2ccc(C(C)(C)C)cc2)ccc1F.Cc1ccc(C(C)(C)C)c(F)c1.Cc1ccc(C(C)(C)C)cc1.Cc1ccc(C(C)(C)C)cc1.Cc1ccc(C(C)(C)C)cc1F.Cc1cccc(Oc2ccc(C(C)(C)C)cc2)c1. The Kier molecular flexibility index (Phi) is 47.8. The Labute approximate surface area is 833 Å². The van der Waals surface area contributed by atoms with Gasteiger partial charge < -0.3 is 18.9 Å². The van der Waals surface area contributed by atoms with Gasteiger partial charge in [0.05, 0.1) is 7.11 Å². The second kappa shape index (κ2) is 53.7. The van der Waals surface area contributed by atoms with E-state index in [1.807, 2.05) is 146 Å². The van der Waals surface area contributed by atoms with Crippen molar-refractivity contribution in [2.24, 2.45) is 0 Å². The van der Waals surface area contributed by atoms with E-state index in [2.05, 4.69) is 303 Å². The molecule has 0 spiro atoms. The van der Waals surface area contributed by atoms with E-state index in [-0.39, 0.29) is 104 Å². The highest BCUT2D eigenvalue weighted by Crippen LogP contribution is 2.36. The molecule has 748 valence electrons. The summed E-state index contributed by atoms with van der Waals surface area (Å²) in [7, 11) is 1.73. The molecule has 0 saturated carbocycles. The highest BCUT2D eigenvalue weighted by molar-refractivity contribution is 5.44. The number of methoxy groups -OCH3 is 1. The summed E-state index contributed by atoms with van der Waals surface area (Å²) in [5.74, 6) is 4.64. The van der Waals surface area contributed by atoms with Gasteiger partial charge >= 0.3 is 0 Å². The van der Waals surface area contributed by atoms with E-state index in [9.17, 15) is 26.3 Å². The number of hydrogen-bond donors (Lipinski definition) is 0. The zero-order valence-electron chi connectivity index (χ0n) is 89.6. The highest BCUT2D eigenvalue weighted by atomic mass is 19.1. The van der Waals surface area contributed by atoms with E-state index in [1.165, 1.54) is 86.0 Å². The van der Waals surface area contributed by atoms with Crippen molar-refractivity contribution in [3.05, 3.63) is 421 Å². The molecule has 0 unspecified atom stereocenters. The third-order valence-corrected chi connectivity index (χ3v) is 22.1. The van der Waals surface area contributed by atoms with E-state index in [4.69, 9.17) is 18.9 Å². The fraction of sp³-hybridized carbons (Fsp3) is 0.391. The number of aryl methyl sites for hydroxylation is 7. The van der Waals surface area contributed by atoms with Crippen LogP contribution in [0.4, 0.5) is 26.3 Å². The topological polar surface area (TPSA) is 36.9 Å². The predicted octanol–water partition coefficient (Wildman–Crippen LogP) is 39.5. The molecule has 0 bridgehead atoms. The van der Waals surface area contributed by atoms with Gasteiger partial charge in [0.25, 0.3) is 0 Å². The van der Waals surface area contributed by atoms with Gasteiger partial charge in [-0.3, -0.25) is 0 Å². The maximum absolute atomic E-state index is 13.3. The van der Waals surface area contributed by atoms with Crippen LogP contribution >= 0.6 is 0 Å². The van der Waals surface area contributed by atoms with Gasteiger partial charge in [0, 0.05) is 0 Å². The standard InChI is InChI=1S/C17H19FO.C17H20O.C16H17FO.C12H18O.2C11H15F.2C11H16.2C10H13F.2CH4/c1-12-11-15(9-10-16(12)18)19-14-7-5-13(6-8-14)17(2,3)4;1-13-6-5-7-16(12-13)18-15-10-8-14(9-11-15)17(2,3)4;1-16(2,3)12-4-8-14(9-5-12)18-15-10-6-13(17)7-11-15;1-9-6-7-10(12(2,3)4)11(8-9)13-5;1-8-5-6-9(7-10(8)12)11(2,3)4;1-8-5-6-9(10(12)7-8)11(2,3)4;2*1-9-5-7-10(8-6-9)11(2,3)4;1-10(2,3)8-5-4-6-9(11)7-8;1-10(2,3)8-6-4-5-7-9(8)11;;/h5-11H,1-4H3;5-12H,1-4H3;4-11H,1-3H3;6-8H,1-5H3;2*5-7H,1-4H3;2*5-8H,1-4H3;2*4-7H,1-3H3;2*1H4. The Bertz CT molecular complexity index is 5680. The van der Waals surface area contributed by atoms with Crippen molar-refractivity contribution in [2.75, 3.05) is 7.11 Å². The molecule has 0 aliphatic rings. The van der Waals surface area contributed by atoms with E-state index in [0.717, 1.165) is 56.6 Å². The monoisotopic (exact) mass is 1890 g/mol. The Morgan fingerprint density at radius 2 is 0.486 bits per heavy atom. The normalized spacial score (nSPS) is 11.4. The molecule has 0 aliphatic carbocycles. The summed E-state index contributed by atoms with van der Waals surface area (Å²) >= 11 is 0. The minimum absolute atomic E-state index is 0. The van der Waals surface area contributed by atoms with E-state index in [1.54, 1.807) is 75.6 Å². The molecule has 0 aliphatic heterocycles. The molecule has 0 radical (unpaired) electrons. The average Bonchev–Trinajstić information content (AvgIpc) is 0.818. The first-order valence-corrected chi connectivity index (χ1v) is 47.3. The van der Waals surface area contributed by atoms with Crippen LogP contribution in [0, 0.1) is 83.4 Å². The number of rotatable bonds is 7. The Hall–Kier alpha value is -11.4. The summed E-state index contributed by atoms with van der Waals surface area (Å²) in [4.78, 5) is 0. The lowest BCUT2D eigenvalue weighted by molar-refractivity contribution is 0.397. The second-order valence-corrected chi connectivity index (χ2v) is 45.4. The molecule has 4 nitrogen and oxygen atoms in total. The lowest BCUT2D eigenvalue weighted by Crippen LogP contribution is -2.13. The van der Waals surface area contributed by atoms with Crippen molar-refractivity contribution < 1.29 is 45.3 Å². The van der Waals surface area contributed by atoms with Crippen LogP contribution in [0.1, 0.15) is 317 Å². The van der Waals surface area contributed by atoms with Crippen molar-refractivity contribution in [1.82, 2.24) is 0 Å². The molecule has 13 aromatic rings. The Morgan fingerprint density at radius 3 is 0.812 bits per heavy atom. The molecule has 138 heavy (non-hydrogen) atoms. The molecule has 0 saturated heterocycles. The number of ether oxygens (including phenoxy) is 4. The summed E-state index contributed by atoms with van der Waals surface area (Å²) in [6, 6.07) is 91.5. The van der Waals surface area contributed by atoms with Gasteiger partial charge in [0.2, 0.25) is 0 Å². The number of halogens is 6. The van der Waals surface area contributed by atoms with Crippen LogP contribution in [0.2, 0.25) is 0 Å². The summed E-state index contributed by atoms with van der Waals surface area (Å²) in [5, 5.41) is 0. The smallest absolute Gasteiger partial charge is 0.127 e. The van der Waals surface area contributed by atoms with Crippen molar-refractivity contribution in [1.29, 1.82) is 0 Å². The van der Waals surface area contributed by atoms with Crippen LogP contribution < -0.4 is 18.9 Å². The zero-order valence-corrected chi connectivity index (χ0v) is 89.6. The van der Waals surface area contributed by atoms with Gasteiger partial charge in [0.1, 0.15) is 75.1 Å². The van der Waals surface area contributed by atoms with Crippen molar-refractivity contribution >= 4 is 0 Å². The largest absolute Gasteiger partial charge is 0.496 e. The maximum Gasteiger partial charge on any atom is 0.127 e. The lowest BCUT2D eigenvalue weighted by Gasteiger charge is -2.22. The minimum Gasteiger partial charge on any atom is -0.496 e. The van der Waals surface area contributed by atoms with Crippen LogP contribution in [0.15, 0.2) is 291 Å². The van der Waals surface area contributed by atoms with Crippen LogP contribution in [0.5, 0.6) is 40.2 Å². The molecule has 0 heterocycles. The molecule has 0 aromatic heterocycles. The first-order chi connectivity index (χ1) is 62.5. The lowest BCUT2D eigenvalue weighted by atomic mass is 9.86. The summed E-state index contributed by atoms with van der Waals surface area (Å²) in [6.07, 6.45) is 0. The van der Waals surface area contributed by atoms with Crippen LogP contribution in [-0.2, 0) is 54.1 Å². The first-order valence-electron chi connectivity index (χ1n) is 47.3. The molecule has 10 heteroatoms. The molecule has 0 fully saturated rings. The summed E-state index contributed by atoms with van der Waals surface area (Å²) in [5.41, 5.74) is 20.0. The van der Waals surface area contributed by atoms with Crippen LogP contribution in [0.25, 0.3) is 0 Å². The van der Waals surface area contributed by atoms with Gasteiger partial charge in [0.15, 0.2) is 0 Å². The minimum atomic E-state index is -0.259. The van der Waals surface area contributed by atoms with E-state index in [0.29, 0.717) is 22.6 Å². The van der Waals surface area contributed by atoms with Gasteiger partial charge in [-0.05, 0) is 313 Å².